The van der Waals surface area contributed by atoms with E-state index < -0.39 is 0 Å². The van der Waals surface area contributed by atoms with E-state index in [4.69, 9.17) is 0 Å². The van der Waals surface area contributed by atoms with Crippen LogP contribution in [-0.4, -0.2) is 42.9 Å². The molecule has 0 bridgehead atoms. The first-order valence-electron chi connectivity index (χ1n) is 13.7. The van der Waals surface area contributed by atoms with Crippen molar-refractivity contribution in [1.82, 2.24) is 4.90 Å². The molecule has 36 heavy (non-hydrogen) atoms. The number of likely N-dealkylation sites (tertiary alicyclic amines) is 1. The van der Waals surface area contributed by atoms with Crippen molar-refractivity contribution in [3.8, 4) is 0 Å². The van der Waals surface area contributed by atoms with E-state index in [9.17, 15) is 9.59 Å². The molecule has 0 spiro atoms. The minimum atomic E-state index is -0.0861. The standard InChI is InChI=1S/C31H43N3O2/c1-23-12-16-34(17-13-23)30(36)27-21-26(32-29(35)22-31(2,3)4)10-11-28(27)33-18-14-25(15-19-33)20-24-8-6-5-7-9-24/h5-11,21,23,25H,12-20,22H2,1-4H3,(H,32,35). The number of nitrogens with one attached hydrogen (secondary N) is 1. The van der Waals surface area contributed by atoms with Gasteiger partial charge in [-0.1, -0.05) is 58.0 Å². The van der Waals surface area contributed by atoms with Crippen LogP contribution < -0.4 is 10.2 Å². The van der Waals surface area contributed by atoms with Crippen molar-refractivity contribution in [1.29, 1.82) is 0 Å². The number of anilines is 2. The molecule has 2 aliphatic heterocycles. The van der Waals surface area contributed by atoms with Crippen molar-refractivity contribution >= 4 is 23.2 Å². The molecule has 194 valence electrons. The largest absolute Gasteiger partial charge is 0.371 e. The zero-order valence-electron chi connectivity index (χ0n) is 22.6. The predicted octanol–water partition coefficient (Wildman–Crippen LogP) is 6.39. The number of hydrogen-bond donors (Lipinski definition) is 1. The molecule has 2 heterocycles. The van der Waals surface area contributed by atoms with Gasteiger partial charge in [-0.2, -0.15) is 0 Å². The minimum absolute atomic E-state index is 0.0119. The van der Waals surface area contributed by atoms with Gasteiger partial charge in [0.1, 0.15) is 0 Å². The molecule has 0 unspecified atom stereocenters. The smallest absolute Gasteiger partial charge is 0.256 e. The van der Waals surface area contributed by atoms with Crippen LogP contribution >= 0.6 is 0 Å². The van der Waals surface area contributed by atoms with Gasteiger partial charge in [0.15, 0.2) is 0 Å². The lowest BCUT2D eigenvalue weighted by Gasteiger charge is -2.36. The van der Waals surface area contributed by atoms with Crippen LogP contribution in [-0.2, 0) is 11.2 Å². The molecular weight excluding hydrogens is 446 g/mol. The number of amides is 2. The molecule has 0 saturated carbocycles. The summed E-state index contributed by atoms with van der Waals surface area (Å²) >= 11 is 0. The van der Waals surface area contributed by atoms with Crippen LogP contribution in [0.4, 0.5) is 11.4 Å². The van der Waals surface area contributed by atoms with Crippen molar-refractivity contribution in [3.63, 3.8) is 0 Å². The van der Waals surface area contributed by atoms with Gasteiger partial charge in [0.25, 0.3) is 5.91 Å². The first-order chi connectivity index (χ1) is 17.2. The Morgan fingerprint density at radius 3 is 2.22 bits per heavy atom. The number of carbonyl (C=O) groups is 2. The van der Waals surface area contributed by atoms with Crippen LogP contribution in [0.2, 0.25) is 0 Å². The topological polar surface area (TPSA) is 52.7 Å². The SMILES string of the molecule is CC1CCN(C(=O)c2cc(NC(=O)CC(C)(C)C)ccc2N2CCC(Cc3ccccc3)CC2)CC1. The lowest BCUT2D eigenvalue weighted by Crippen LogP contribution is -2.40. The highest BCUT2D eigenvalue weighted by Gasteiger charge is 2.28. The first-order valence-corrected chi connectivity index (χ1v) is 13.7. The summed E-state index contributed by atoms with van der Waals surface area (Å²) in [6, 6.07) is 16.7. The highest BCUT2D eigenvalue weighted by atomic mass is 16.2. The minimum Gasteiger partial charge on any atom is -0.371 e. The van der Waals surface area contributed by atoms with E-state index in [0.717, 1.165) is 69.5 Å². The van der Waals surface area contributed by atoms with E-state index in [2.05, 4.69) is 68.2 Å². The van der Waals surface area contributed by atoms with Gasteiger partial charge < -0.3 is 15.1 Å². The van der Waals surface area contributed by atoms with Gasteiger partial charge in [0.05, 0.1) is 5.56 Å². The second kappa shape index (κ2) is 11.5. The average Bonchev–Trinajstić information content (AvgIpc) is 2.84. The second-order valence-corrected chi connectivity index (χ2v) is 12.1. The molecule has 5 nitrogen and oxygen atoms in total. The quantitative estimate of drug-likeness (QED) is 0.511. The molecule has 2 saturated heterocycles. The van der Waals surface area contributed by atoms with Gasteiger partial charge >= 0.3 is 0 Å². The molecule has 2 aromatic carbocycles. The number of piperidine rings is 2. The summed E-state index contributed by atoms with van der Waals surface area (Å²) in [7, 11) is 0. The number of hydrogen-bond acceptors (Lipinski definition) is 3. The number of nitrogens with zero attached hydrogens (tertiary/aromatic N) is 2. The molecule has 1 N–H and O–H groups in total. The lowest BCUT2D eigenvalue weighted by atomic mass is 9.89. The van der Waals surface area contributed by atoms with E-state index >= 15 is 0 Å². The number of benzene rings is 2. The fourth-order valence-electron chi connectivity index (χ4n) is 5.46. The summed E-state index contributed by atoms with van der Waals surface area (Å²) in [6.45, 7) is 11.9. The van der Waals surface area contributed by atoms with Gasteiger partial charge in [-0.3, -0.25) is 9.59 Å². The molecule has 0 aliphatic carbocycles. The fraction of sp³-hybridized carbons (Fsp3) is 0.548. The molecule has 2 aromatic rings. The Balaban J connectivity index is 1.50. The van der Waals surface area contributed by atoms with Crippen molar-refractivity contribution in [2.24, 2.45) is 17.3 Å². The molecule has 0 radical (unpaired) electrons. The van der Waals surface area contributed by atoms with Gasteiger partial charge in [0.2, 0.25) is 5.91 Å². The van der Waals surface area contributed by atoms with E-state index in [1.807, 2.05) is 23.1 Å². The third-order valence-electron chi connectivity index (χ3n) is 7.59. The first kappa shape index (κ1) is 26.2. The Kier molecular flexibility index (Phi) is 8.38. The van der Waals surface area contributed by atoms with Crippen LogP contribution in [0.5, 0.6) is 0 Å². The summed E-state index contributed by atoms with van der Waals surface area (Å²) < 4.78 is 0. The van der Waals surface area contributed by atoms with Gasteiger partial charge in [-0.15, -0.1) is 0 Å². The maximum absolute atomic E-state index is 13.7. The Labute approximate surface area is 217 Å². The molecule has 5 heteroatoms. The molecular formula is C31H43N3O2. The second-order valence-electron chi connectivity index (χ2n) is 12.1. The predicted molar refractivity (Wildman–Crippen MR) is 149 cm³/mol. The summed E-state index contributed by atoms with van der Waals surface area (Å²) in [4.78, 5) is 30.7. The van der Waals surface area contributed by atoms with Crippen LogP contribution in [0.3, 0.4) is 0 Å². The van der Waals surface area contributed by atoms with Gasteiger partial charge in [-0.05, 0) is 73.1 Å². The van der Waals surface area contributed by atoms with E-state index in [-0.39, 0.29) is 17.2 Å². The van der Waals surface area contributed by atoms with E-state index in [0.29, 0.717) is 23.9 Å². The maximum Gasteiger partial charge on any atom is 0.256 e. The van der Waals surface area contributed by atoms with Crippen molar-refractivity contribution in [2.75, 3.05) is 36.4 Å². The van der Waals surface area contributed by atoms with Crippen LogP contribution in [0.1, 0.15) is 75.7 Å². The Morgan fingerprint density at radius 1 is 0.917 bits per heavy atom. The third-order valence-corrected chi connectivity index (χ3v) is 7.59. The summed E-state index contributed by atoms with van der Waals surface area (Å²) in [6.07, 6.45) is 5.89. The Hall–Kier alpha value is -2.82. The van der Waals surface area contributed by atoms with Crippen LogP contribution in [0.25, 0.3) is 0 Å². The highest BCUT2D eigenvalue weighted by molar-refractivity contribution is 6.02. The Morgan fingerprint density at radius 2 is 1.58 bits per heavy atom. The summed E-state index contributed by atoms with van der Waals surface area (Å²) in [5, 5.41) is 3.04. The fourth-order valence-corrected chi connectivity index (χ4v) is 5.46. The zero-order valence-corrected chi connectivity index (χ0v) is 22.6. The summed E-state index contributed by atoms with van der Waals surface area (Å²) in [5.41, 5.74) is 3.75. The number of rotatable bonds is 6. The van der Waals surface area contributed by atoms with E-state index in [1.165, 1.54) is 5.56 Å². The van der Waals surface area contributed by atoms with Crippen molar-refractivity contribution < 1.29 is 9.59 Å². The maximum atomic E-state index is 13.7. The van der Waals surface area contributed by atoms with Crippen LogP contribution in [0, 0.1) is 17.3 Å². The van der Waals surface area contributed by atoms with E-state index in [1.54, 1.807) is 0 Å². The molecule has 0 atom stereocenters. The number of carbonyl (C=O) groups excluding carboxylic acids is 2. The Bertz CT molecular complexity index is 1030. The third kappa shape index (κ3) is 7.11. The normalized spacial score (nSPS) is 17.8. The average molecular weight is 490 g/mol. The summed E-state index contributed by atoms with van der Waals surface area (Å²) in [5.74, 6) is 1.42. The molecule has 4 rings (SSSR count). The molecule has 0 aromatic heterocycles. The van der Waals surface area contributed by atoms with Crippen LogP contribution in [0.15, 0.2) is 48.5 Å². The monoisotopic (exact) mass is 489 g/mol. The lowest BCUT2D eigenvalue weighted by molar-refractivity contribution is -0.117. The highest BCUT2D eigenvalue weighted by Crippen LogP contribution is 2.32. The van der Waals surface area contributed by atoms with Crippen molar-refractivity contribution in [2.45, 2.75) is 66.2 Å². The van der Waals surface area contributed by atoms with Gasteiger partial charge in [0, 0.05) is 44.0 Å². The molecule has 2 fully saturated rings. The molecule has 2 amide bonds. The van der Waals surface area contributed by atoms with Crippen molar-refractivity contribution in [3.05, 3.63) is 59.7 Å². The van der Waals surface area contributed by atoms with Gasteiger partial charge in [-0.25, -0.2) is 0 Å². The molecule has 2 aliphatic rings. The zero-order chi connectivity index (χ0) is 25.7.